The van der Waals surface area contributed by atoms with Crippen molar-refractivity contribution in [1.82, 2.24) is 9.80 Å². The highest BCUT2D eigenvalue weighted by atomic mass is 19.1. The Bertz CT molecular complexity index is 449. The van der Waals surface area contributed by atoms with Gasteiger partial charge in [-0.15, -0.1) is 0 Å². The Morgan fingerprint density at radius 1 is 1.40 bits per heavy atom. The van der Waals surface area contributed by atoms with Crippen molar-refractivity contribution >= 4 is 0 Å². The number of likely N-dealkylation sites (N-methyl/N-ethyl adjacent to an activating group) is 1. The van der Waals surface area contributed by atoms with Crippen molar-refractivity contribution < 1.29 is 4.39 Å². The molecule has 0 bridgehead atoms. The highest BCUT2D eigenvalue weighted by Gasteiger charge is 2.21. The first-order chi connectivity index (χ1) is 9.47. The van der Waals surface area contributed by atoms with Crippen molar-refractivity contribution in [1.29, 1.82) is 0 Å². The van der Waals surface area contributed by atoms with Crippen LogP contribution in [0.5, 0.6) is 0 Å². The molecule has 1 aromatic rings. The molecule has 1 aliphatic heterocycles. The molecule has 0 radical (unpaired) electrons. The Kier molecular flexibility index (Phi) is 5.13. The predicted octanol–water partition coefficient (Wildman–Crippen LogP) is 2.16. The van der Waals surface area contributed by atoms with E-state index in [1.165, 1.54) is 0 Å². The first-order valence-electron chi connectivity index (χ1n) is 7.41. The molecule has 2 unspecified atom stereocenters. The minimum Gasteiger partial charge on any atom is -0.324 e. The highest BCUT2D eigenvalue weighted by Crippen LogP contribution is 2.19. The summed E-state index contributed by atoms with van der Waals surface area (Å²) in [6.07, 6.45) is 0.872. The zero-order valence-corrected chi connectivity index (χ0v) is 12.8. The van der Waals surface area contributed by atoms with Gasteiger partial charge in [0, 0.05) is 38.3 Å². The van der Waals surface area contributed by atoms with E-state index in [0.29, 0.717) is 11.6 Å². The number of rotatable bonds is 4. The molecule has 0 aliphatic carbocycles. The summed E-state index contributed by atoms with van der Waals surface area (Å²) in [5.41, 5.74) is 7.77. The van der Waals surface area contributed by atoms with Gasteiger partial charge in [-0.1, -0.05) is 12.1 Å². The fraction of sp³-hybridized carbons (Fsp3) is 0.625. The van der Waals surface area contributed by atoms with Crippen LogP contribution in [-0.4, -0.2) is 49.1 Å². The monoisotopic (exact) mass is 279 g/mol. The van der Waals surface area contributed by atoms with E-state index in [1.54, 1.807) is 13.0 Å². The second-order valence-corrected chi connectivity index (χ2v) is 6.05. The lowest BCUT2D eigenvalue weighted by atomic mass is 10.0. The van der Waals surface area contributed by atoms with Gasteiger partial charge in [-0.2, -0.15) is 0 Å². The summed E-state index contributed by atoms with van der Waals surface area (Å²) in [7, 11) is 2.16. The molecule has 2 atom stereocenters. The van der Waals surface area contributed by atoms with Gasteiger partial charge in [-0.25, -0.2) is 4.39 Å². The molecule has 1 saturated heterocycles. The minimum atomic E-state index is -0.161. The Balaban J connectivity index is 1.88. The van der Waals surface area contributed by atoms with Crippen LogP contribution in [-0.2, 0) is 0 Å². The van der Waals surface area contributed by atoms with Crippen LogP contribution in [0.4, 0.5) is 4.39 Å². The molecular weight excluding hydrogens is 253 g/mol. The summed E-state index contributed by atoms with van der Waals surface area (Å²) in [6.45, 7) is 8.31. The van der Waals surface area contributed by atoms with E-state index in [-0.39, 0.29) is 11.9 Å². The number of halogens is 1. The Morgan fingerprint density at radius 3 is 2.80 bits per heavy atom. The maximum Gasteiger partial charge on any atom is 0.126 e. The SMILES string of the molecule is Cc1ccc(C(N)CCN2CCN(C)CC2C)cc1F. The molecule has 1 heterocycles. The van der Waals surface area contributed by atoms with Crippen LogP contribution in [0, 0.1) is 12.7 Å². The van der Waals surface area contributed by atoms with Gasteiger partial charge in [0.05, 0.1) is 0 Å². The zero-order valence-electron chi connectivity index (χ0n) is 12.8. The molecule has 20 heavy (non-hydrogen) atoms. The molecule has 4 heteroatoms. The number of nitrogens with zero attached hydrogens (tertiary/aromatic N) is 2. The van der Waals surface area contributed by atoms with Gasteiger partial charge in [0.2, 0.25) is 0 Å². The van der Waals surface area contributed by atoms with E-state index in [2.05, 4.69) is 23.8 Å². The maximum absolute atomic E-state index is 13.6. The van der Waals surface area contributed by atoms with Crippen molar-refractivity contribution in [3.8, 4) is 0 Å². The second-order valence-electron chi connectivity index (χ2n) is 6.05. The molecule has 1 fully saturated rings. The molecule has 0 saturated carbocycles. The molecule has 0 spiro atoms. The topological polar surface area (TPSA) is 32.5 Å². The number of aryl methyl sites for hydroxylation is 1. The van der Waals surface area contributed by atoms with Crippen LogP contribution in [0.25, 0.3) is 0 Å². The molecular formula is C16H26FN3. The van der Waals surface area contributed by atoms with Crippen LogP contribution in [0.15, 0.2) is 18.2 Å². The lowest BCUT2D eigenvalue weighted by Gasteiger charge is -2.38. The van der Waals surface area contributed by atoms with Gasteiger partial charge in [0.1, 0.15) is 5.82 Å². The summed E-state index contributed by atoms with van der Waals surface area (Å²) in [6, 6.07) is 5.81. The normalized spacial score (nSPS) is 22.9. The summed E-state index contributed by atoms with van der Waals surface area (Å²) in [5, 5.41) is 0. The fourth-order valence-electron chi connectivity index (χ4n) is 2.82. The second kappa shape index (κ2) is 6.66. The largest absolute Gasteiger partial charge is 0.324 e. The maximum atomic E-state index is 13.6. The summed E-state index contributed by atoms with van der Waals surface area (Å²) < 4.78 is 13.6. The van der Waals surface area contributed by atoms with Crippen molar-refractivity contribution in [3.63, 3.8) is 0 Å². The smallest absolute Gasteiger partial charge is 0.126 e. The van der Waals surface area contributed by atoms with Gasteiger partial charge >= 0.3 is 0 Å². The summed E-state index contributed by atoms with van der Waals surface area (Å²) in [4.78, 5) is 4.83. The van der Waals surface area contributed by atoms with Crippen LogP contribution in [0.2, 0.25) is 0 Å². The number of hydrogen-bond acceptors (Lipinski definition) is 3. The van der Waals surface area contributed by atoms with Gasteiger partial charge in [0.15, 0.2) is 0 Å². The van der Waals surface area contributed by atoms with Gasteiger partial charge < -0.3 is 10.6 Å². The van der Waals surface area contributed by atoms with Crippen LogP contribution in [0.1, 0.15) is 30.5 Å². The van der Waals surface area contributed by atoms with Crippen molar-refractivity contribution in [2.24, 2.45) is 5.73 Å². The fourth-order valence-corrected chi connectivity index (χ4v) is 2.82. The molecule has 0 amide bonds. The molecule has 112 valence electrons. The molecule has 3 nitrogen and oxygen atoms in total. The van der Waals surface area contributed by atoms with Crippen molar-refractivity contribution in [2.75, 3.05) is 33.2 Å². The standard InChI is InChI=1S/C16H26FN3/c1-12-4-5-14(10-15(12)17)16(18)6-7-20-9-8-19(3)11-13(20)2/h4-5,10,13,16H,6-9,11,18H2,1-3H3. The van der Waals surface area contributed by atoms with Gasteiger partial charge in [0.25, 0.3) is 0 Å². The van der Waals surface area contributed by atoms with Crippen molar-refractivity contribution in [3.05, 3.63) is 35.1 Å². The van der Waals surface area contributed by atoms with Gasteiger partial charge in [-0.05, 0) is 44.5 Å². The van der Waals surface area contributed by atoms with E-state index < -0.39 is 0 Å². The Hall–Kier alpha value is -0.970. The average Bonchev–Trinajstić information content (AvgIpc) is 2.40. The van der Waals surface area contributed by atoms with Crippen LogP contribution in [0.3, 0.4) is 0 Å². The molecule has 2 N–H and O–H groups in total. The Morgan fingerprint density at radius 2 is 2.15 bits per heavy atom. The van der Waals surface area contributed by atoms with Gasteiger partial charge in [-0.3, -0.25) is 4.90 Å². The van der Waals surface area contributed by atoms with Crippen molar-refractivity contribution in [2.45, 2.75) is 32.4 Å². The Labute approximate surface area is 121 Å². The number of piperazine rings is 1. The van der Waals surface area contributed by atoms with Crippen LogP contribution >= 0.6 is 0 Å². The van der Waals surface area contributed by atoms with E-state index >= 15 is 0 Å². The zero-order chi connectivity index (χ0) is 14.7. The third-order valence-electron chi connectivity index (χ3n) is 4.32. The third kappa shape index (κ3) is 3.78. The number of nitrogens with two attached hydrogens (primary N) is 1. The third-order valence-corrected chi connectivity index (χ3v) is 4.32. The van der Waals surface area contributed by atoms with E-state index in [0.717, 1.165) is 38.2 Å². The molecule has 1 aromatic carbocycles. The quantitative estimate of drug-likeness (QED) is 0.917. The molecule has 0 aromatic heterocycles. The average molecular weight is 279 g/mol. The minimum absolute atomic E-state index is 0.0862. The lowest BCUT2D eigenvalue weighted by Crippen LogP contribution is -2.50. The molecule has 1 aliphatic rings. The first-order valence-corrected chi connectivity index (χ1v) is 7.41. The van der Waals surface area contributed by atoms with E-state index in [4.69, 9.17) is 5.73 Å². The number of hydrogen-bond donors (Lipinski definition) is 1. The van der Waals surface area contributed by atoms with Crippen LogP contribution < -0.4 is 5.73 Å². The highest BCUT2D eigenvalue weighted by molar-refractivity contribution is 5.25. The summed E-state index contributed by atoms with van der Waals surface area (Å²) >= 11 is 0. The predicted molar refractivity (Wildman–Crippen MR) is 81.2 cm³/mol. The molecule has 2 rings (SSSR count). The lowest BCUT2D eigenvalue weighted by molar-refractivity contribution is 0.0973. The summed E-state index contributed by atoms with van der Waals surface area (Å²) in [5.74, 6) is -0.161. The first kappa shape index (κ1) is 15.4. The van der Waals surface area contributed by atoms with E-state index in [1.807, 2.05) is 12.1 Å². The van der Waals surface area contributed by atoms with E-state index in [9.17, 15) is 4.39 Å². The number of benzene rings is 1.